The number of carbonyl (C=O) groups is 3. The van der Waals surface area contributed by atoms with Crippen LogP contribution in [0.15, 0.2) is 24.3 Å². The van der Waals surface area contributed by atoms with E-state index in [2.05, 4.69) is 10.6 Å². The Balaban J connectivity index is 1.60. The molecular weight excluding hydrogens is 296 g/mol. The van der Waals surface area contributed by atoms with Crippen LogP contribution in [0.4, 0.5) is 10.5 Å². The average molecular weight is 316 g/mol. The molecule has 0 atom stereocenters. The molecule has 0 unspecified atom stereocenters. The topological polar surface area (TPSA) is 81.8 Å². The van der Waals surface area contributed by atoms with E-state index in [-0.39, 0.29) is 24.4 Å². The van der Waals surface area contributed by atoms with Gasteiger partial charge in [-0.2, -0.15) is 0 Å². The third-order valence-corrected chi connectivity index (χ3v) is 4.10. The molecule has 2 heterocycles. The molecule has 122 valence electrons. The number of imide groups is 1. The Hall–Kier alpha value is -2.57. The fraction of sp³-hybridized carbons (Fsp3) is 0.438. The largest absolute Gasteiger partial charge is 0.376 e. The molecule has 0 spiro atoms. The van der Waals surface area contributed by atoms with Crippen LogP contribution in [0, 0.1) is 0 Å². The van der Waals surface area contributed by atoms with Gasteiger partial charge in [-0.3, -0.25) is 14.5 Å². The maximum absolute atomic E-state index is 12.4. The van der Waals surface area contributed by atoms with Crippen LogP contribution in [-0.2, 0) is 4.79 Å². The van der Waals surface area contributed by atoms with Gasteiger partial charge in [0.15, 0.2) is 0 Å². The average Bonchev–Trinajstić information content (AvgIpc) is 3.23. The fourth-order valence-corrected chi connectivity index (χ4v) is 2.85. The molecule has 0 saturated carbocycles. The summed E-state index contributed by atoms with van der Waals surface area (Å²) in [4.78, 5) is 38.8. The molecule has 3 rings (SSSR count). The summed E-state index contributed by atoms with van der Waals surface area (Å²) in [6.07, 6.45) is 2.10. The van der Waals surface area contributed by atoms with Crippen molar-refractivity contribution < 1.29 is 14.4 Å². The van der Waals surface area contributed by atoms with Crippen LogP contribution in [-0.4, -0.2) is 60.4 Å². The van der Waals surface area contributed by atoms with Crippen LogP contribution in [0.1, 0.15) is 23.2 Å². The van der Waals surface area contributed by atoms with Crippen LogP contribution in [0.2, 0.25) is 0 Å². The summed E-state index contributed by atoms with van der Waals surface area (Å²) in [6, 6.07) is 6.77. The lowest BCUT2D eigenvalue weighted by Gasteiger charge is -2.16. The second kappa shape index (κ2) is 6.68. The van der Waals surface area contributed by atoms with Crippen molar-refractivity contribution in [3.05, 3.63) is 29.8 Å². The molecule has 7 nitrogen and oxygen atoms in total. The summed E-state index contributed by atoms with van der Waals surface area (Å²) < 4.78 is 0. The minimum absolute atomic E-state index is 0.0226. The molecule has 2 aliphatic rings. The number of carbonyl (C=O) groups excluding carboxylic acids is 3. The highest BCUT2D eigenvalue weighted by atomic mass is 16.2. The molecule has 0 radical (unpaired) electrons. The highest BCUT2D eigenvalue weighted by molar-refractivity contribution is 5.98. The second-order valence-electron chi connectivity index (χ2n) is 5.71. The minimum atomic E-state index is -0.352. The number of hydrogen-bond donors (Lipinski definition) is 2. The van der Waals surface area contributed by atoms with Gasteiger partial charge in [-0.25, -0.2) is 4.79 Å². The Bertz CT molecular complexity index is 626. The number of anilines is 1. The quantitative estimate of drug-likeness (QED) is 0.864. The van der Waals surface area contributed by atoms with Crippen molar-refractivity contribution in [1.29, 1.82) is 0 Å². The van der Waals surface area contributed by atoms with Gasteiger partial charge in [0.25, 0.3) is 5.91 Å². The van der Waals surface area contributed by atoms with E-state index < -0.39 is 0 Å². The Morgan fingerprint density at radius 1 is 1.17 bits per heavy atom. The smallest absolute Gasteiger partial charge is 0.324 e. The van der Waals surface area contributed by atoms with E-state index in [1.807, 2.05) is 4.90 Å². The number of urea groups is 1. The second-order valence-corrected chi connectivity index (χ2v) is 5.71. The zero-order chi connectivity index (χ0) is 16.2. The van der Waals surface area contributed by atoms with E-state index in [1.165, 1.54) is 4.90 Å². The lowest BCUT2D eigenvalue weighted by molar-refractivity contribution is -0.125. The number of rotatable bonds is 4. The zero-order valence-electron chi connectivity index (χ0n) is 12.9. The maximum Gasteiger partial charge on any atom is 0.324 e. The molecule has 1 aromatic rings. The van der Waals surface area contributed by atoms with Gasteiger partial charge in [0.05, 0.1) is 6.54 Å². The summed E-state index contributed by atoms with van der Waals surface area (Å²) in [7, 11) is 0. The SMILES string of the molecule is O=C(c1cccc(NCC(=O)N2CCNC2=O)c1)N1CCCC1. The number of nitrogens with zero attached hydrogens (tertiary/aromatic N) is 2. The van der Waals surface area contributed by atoms with Gasteiger partial charge < -0.3 is 15.5 Å². The third-order valence-electron chi connectivity index (χ3n) is 4.10. The first-order valence-electron chi connectivity index (χ1n) is 7.86. The summed E-state index contributed by atoms with van der Waals surface area (Å²) in [5.74, 6) is -0.257. The van der Waals surface area contributed by atoms with Crippen molar-refractivity contribution in [1.82, 2.24) is 15.1 Å². The predicted octanol–water partition coefficient (Wildman–Crippen LogP) is 0.886. The van der Waals surface area contributed by atoms with Crippen molar-refractivity contribution in [2.75, 3.05) is 38.0 Å². The number of benzene rings is 1. The van der Waals surface area contributed by atoms with Gasteiger partial charge in [0.1, 0.15) is 0 Å². The van der Waals surface area contributed by atoms with Gasteiger partial charge in [-0.05, 0) is 31.0 Å². The molecule has 2 fully saturated rings. The van der Waals surface area contributed by atoms with E-state index in [4.69, 9.17) is 0 Å². The molecule has 23 heavy (non-hydrogen) atoms. The first-order chi connectivity index (χ1) is 11.1. The Morgan fingerprint density at radius 3 is 2.65 bits per heavy atom. The van der Waals surface area contributed by atoms with Gasteiger partial charge in [0.2, 0.25) is 5.91 Å². The van der Waals surface area contributed by atoms with Crippen LogP contribution < -0.4 is 10.6 Å². The molecule has 0 bridgehead atoms. The van der Waals surface area contributed by atoms with Gasteiger partial charge >= 0.3 is 6.03 Å². The number of amides is 4. The lowest BCUT2D eigenvalue weighted by Crippen LogP contribution is -2.38. The molecule has 4 amide bonds. The van der Waals surface area contributed by atoms with Gasteiger partial charge in [-0.15, -0.1) is 0 Å². The maximum atomic E-state index is 12.4. The van der Waals surface area contributed by atoms with E-state index in [0.29, 0.717) is 24.3 Å². The summed E-state index contributed by atoms with van der Waals surface area (Å²) >= 11 is 0. The molecule has 1 aromatic carbocycles. The lowest BCUT2D eigenvalue weighted by atomic mass is 10.1. The number of hydrogen-bond acceptors (Lipinski definition) is 4. The van der Waals surface area contributed by atoms with Gasteiger partial charge in [-0.1, -0.05) is 6.07 Å². The molecule has 0 aromatic heterocycles. The highest BCUT2D eigenvalue weighted by Crippen LogP contribution is 2.16. The van der Waals surface area contributed by atoms with Crippen molar-refractivity contribution >= 4 is 23.5 Å². The number of nitrogens with one attached hydrogen (secondary N) is 2. The Labute approximate surface area is 134 Å². The zero-order valence-corrected chi connectivity index (χ0v) is 12.9. The van der Waals surface area contributed by atoms with E-state index in [1.54, 1.807) is 24.3 Å². The normalized spacial score (nSPS) is 17.3. The summed E-state index contributed by atoms with van der Waals surface area (Å²) in [6.45, 7) is 2.52. The molecular formula is C16H20N4O3. The molecule has 0 aliphatic carbocycles. The minimum Gasteiger partial charge on any atom is -0.376 e. The van der Waals surface area contributed by atoms with Crippen molar-refractivity contribution in [3.63, 3.8) is 0 Å². The van der Waals surface area contributed by atoms with Crippen molar-refractivity contribution in [2.24, 2.45) is 0 Å². The van der Waals surface area contributed by atoms with Gasteiger partial charge in [0, 0.05) is 37.4 Å². The fourth-order valence-electron chi connectivity index (χ4n) is 2.85. The predicted molar refractivity (Wildman–Crippen MR) is 85.2 cm³/mol. The molecule has 2 saturated heterocycles. The molecule has 7 heteroatoms. The van der Waals surface area contributed by atoms with Crippen LogP contribution in [0.3, 0.4) is 0 Å². The first-order valence-corrected chi connectivity index (χ1v) is 7.86. The highest BCUT2D eigenvalue weighted by Gasteiger charge is 2.25. The molecule has 2 aliphatic heterocycles. The van der Waals surface area contributed by atoms with E-state index in [9.17, 15) is 14.4 Å². The third kappa shape index (κ3) is 3.44. The molecule has 2 N–H and O–H groups in total. The monoisotopic (exact) mass is 316 g/mol. The Kier molecular flexibility index (Phi) is 4.45. The van der Waals surface area contributed by atoms with Crippen LogP contribution in [0.25, 0.3) is 0 Å². The number of likely N-dealkylation sites (tertiary alicyclic amines) is 1. The van der Waals surface area contributed by atoms with E-state index >= 15 is 0 Å². The van der Waals surface area contributed by atoms with Crippen LogP contribution in [0.5, 0.6) is 0 Å². The van der Waals surface area contributed by atoms with Crippen molar-refractivity contribution in [3.8, 4) is 0 Å². The first kappa shape index (κ1) is 15.3. The van der Waals surface area contributed by atoms with Crippen LogP contribution >= 0.6 is 0 Å². The standard InChI is InChI=1S/C16H20N4O3/c21-14(20-9-6-17-16(20)23)11-18-13-5-3-4-12(10-13)15(22)19-7-1-2-8-19/h3-5,10,18H,1-2,6-9,11H2,(H,17,23). The summed E-state index contributed by atoms with van der Waals surface area (Å²) in [5.41, 5.74) is 1.31. The van der Waals surface area contributed by atoms with E-state index in [0.717, 1.165) is 25.9 Å². The Morgan fingerprint density at radius 2 is 1.96 bits per heavy atom. The summed E-state index contributed by atoms with van der Waals surface area (Å²) in [5, 5.41) is 5.58. The van der Waals surface area contributed by atoms with Crippen molar-refractivity contribution in [2.45, 2.75) is 12.8 Å².